The lowest BCUT2D eigenvalue weighted by Crippen LogP contribution is -2.40. The quantitative estimate of drug-likeness (QED) is 0.337. The van der Waals surface area contributed by atoms with Crippen molar-refractivity contribution in [3.63, 3.8) is 0 Å². The highest BCUT2D eigenvalue weighted by Crippen LogP contribution is 2.65. The molecular formula is C17H13BrN2O4. The van der Waals surface area contributed by atoms with Crippen LogP contribution in [0.3, 0.4) is 0 Å². The number of nitro benzene ring substituents is 1. The smallest absolute Gasteiger partial charge is 0.274 e. The zero-order chi connectivity index (χ0) is 16.7. The van der Waals surface area contributed by atoms with Crippen LogP contribution in [0.25, 0.3) is 0 Å². The van der Waals surface area contributed by atoms with Crippen molar-refractivity contribution in [2.45, 2.75) is 6.42 Å². The van der Waals surface area contributed by atoms with E-state index in [-0.39, 0.29) is 46.9 Å². The molecule has 0 N–H and O–H groups in total. The molecule has 122 valence electrons. The molecule has 3 fully saturated rings. The largest absolute Gasteiger partial charge is 0.294 e. The number of benzene rings is 1. The van der Waals surface area contributed by atoms with Crippen molar-refractivity contribution >= 4 is 39.1 Å². The van der Waals surface area contributed by atoms with Crippen LogP contribution in [0.5, 0.6) is 0 Å². The van der Waals surface area contributed by atoms with Gasteiger partial charge in [0.05, 0.1) is 16.8 Å². The van der Waals surface area contributed by atoms with Gasteiger partial charge in [0.25, 0.3) is 5.69 Å². The van der Waals surface area contributed by atoms with E-state index in [0.717, 1.165) is 11.3 Å². The summed E-state index contributed by atoms with van der Waals surface area (Å²) in [5.41, 5.74) is -0.143. The van der Waals surface area contributed by atoms with Gasteiger partial charge in [-0.1, -0.05) is 28.1 Å². The van der Waals surface area contributed by atoms with E-state index in [1.165, 1.54) is 12.1 Å². The topological polar surface area (TPSA) is 80.5 Å². The Balaban J connectivity index is 1.61. The molecule has 2 bridgehead atoms. The second-order valence-electron chi connectivity index (χ2n) is 7.06. The van der Waals surface area contributed by atoms with Gasteiger partial charge >= 0.3 is 0 Å². The Morgan fingerprint density at radius 1 is 1.08 bits per heavy atom. The maximum absolute atomic E-state index is 13.0. The molecule has 24 heavy (non-hydrogen) atoms. The minimum Gasteiger partial charge on any atom is -0.274 e. The highest BCUT2D eigenvalue weighted by molar-refractivity contribution is 9.10. The number of nitro groups is 1. The van der Waals surface area contributed by atoms with Crippen LogP contribution < -0.4 is 4.90 Å². The summed E-state index contributed by atoms with van der Waals surface area (Å²) in [5, 5.41) is 11.4. The third-order valence-corrected chi connectivity index (χ3v) is 6.53. The lowest BCUT2D eigenvalue weighted by atomic mass is 9.63. The maximum Gasteiger partial charge on any atom is 0.294 e. The van der Waals surface area contributed by atoms with Crippen LogP contribution in [0.2, 0.25) is 0 Å². The number of carbonyl (C=O) groups is 2. The first-order valence-electron chi connectivity index (χ1n) is 7.99. The molecule has 1 heterocycles. The van der Waals surface area contributed by atoms with Crippen molar-refractivity contribution in [3.8, 4) is 0 Å². The molecule has 7 heteroatoms. The Morgan fingerprint density at radius 2 is 1.67 bits per heavy atom. The zero-order valence-electron chi connectivity index (χ0n) is 12.5. The summed E-state index contributed by atoms with van der Waals surface area (Å²) in [7, 11) is 0. The maximum atomic E-state index is 13.0. The van der Waals surface area contributed by atoms with E-state index in [1.807, 2.05) is 0 Å². The summed E-state index contributed by atoms with van der Waals surface area (Å²) in [6.45, 7) is 0. The number of carbonyl (C=O) groups excluding carboxylic acids is 2. The first-order chi connectivity index (χ1) is 11.5. The second kappa shape index (κ2) is 4.53. The van der Waals surface area contributed by atoms with Gasteiger partial charge in [0, 0.05) is 10.5 Å². The first kappa shape index (κ1) is 14.3. The van der Waals surface area contributed by atoms with Crippen molar-refractivity contribution in [2.24, 2.45) is 35.5 Å². The molecule has 6 rings (SSSR count). The summed E-state index contributed by atoms with van der Waals surface area (Å²) >= 11 is 3.20. The molecule has 1 aromatic carbocycles. The molecule has 0 spiro atoms. The lowest BCUT2D eigenvalue weighted by molar-refractivity contribution is -0.384. The minimum atomic E-state index is -0.549. The van der Waals surface area contributed by atoms with Gasteiger partial charge in [-0.3, -0.25) is 19.7 Å². The van der Waals surface area contributed by atoms with Crippen LogP contribution in [-0.2, 0) is 9.59 Å². The average molecular weight is 389 g/mol. The van der Waals surface area contributed by atoms with Gasteiger partial charge in [-0.15, -0.1) is 0 Å². The predicted molar refractivity (Wildman–Crippen MR) is 88.0 cm³/mol. The van der Waals surface area contributed by atoms with Gasteiger partial charge in [0.1, 0.15) is 5.69 Å². The molecule has 1 aliphatic heterocycles. The van der Waals surface area contributed by atoms with Gasteiger partial charge in [0.15, 0.2) is 0 Å². The molecular weight excluding hydrogens is 376 g/mol. The average Bonchev–Trinajstić information content (AvgIpc) is 3.33. The number of nitrogens with zero attached hydrogens (tertiary/aromatic N) is 2. The van der Waals surface area contributed by atoms with Crippen molar-refractivity contribution in [1.29, 1.82) is 0 Å². The van der Waals surface area contributed by atoms with Crippen molar-refractivity contribution in [2.75, 3.05) is 4.90 Å². The van der Waals surface area contributed by atoms with Crippen LogP contribution in [0.15, 0.2) is 34.8 Å². The monoisotopic (exact) mass is 388 g/mol. The number of amides is 2. The SMILES string of the molecule is O=C1[C@@H]2[C@@H]3C=C[C@H]([C@H]4C[C@H]34)[C@@H]2C(=O)N1c1ccc(Br)cc1[N+](=O)[O-]. The van der Waals surface area contributed by atoms with Gasteiger partial charge < -0.3 is 0 Å². The molecule has 0 unspecified atom stereocenters. The summed E-state index contributed by atoms with van der Waals surface area (Å²) in [4.78, 5) is 37.9. The number of anilines is 1. The Morgan fingerprint density at radius 3 is 2.21 bits per heavy atom. The number of hydrogen-bond acceptors (Lipinski definition) is 4. The van der Waals surface area contributed by atoms with Crippen LogP contribution in [0, 0.1) is 45.6 Å². The molecule has 5 aliphatic rings. The summed E-state index contributed by atoms with van der Waals surface area (Å²) in [6, 6.07) is 4.43. The number of hydrogen-bond donors (Lipinski definition) is 0. The van der Waals surface area contributed by atoms with Crippen LogP contribution in [-0.4, -0.2) is 16.7 Å². The fraction of sp³-hybridized carbons (Fsp3) is 0.412. The van der Waals surface area contributed by atoms with E-state index in [1.54, 1.807) is 6.07 Å². The summed E-state index contributed by atoms with van der Waals surface area (Å²) in [5.74, 6) is -0.00290. The van der Waals surface area contributed by atoms with E-state index in [0.29, 0.717) is 16.3 Å². The van der Waals surface area contributed by atoms with E-state index in [4.69, 9.17) is 0 Å². The fourth-order valence-electron chi connectivity index (χ4n) is 5.03. The second-order valence-corrected chi connectivity index (χ2v) is 7.97. The molecule has 0 aromatic heterocycles. The van der Waals surface area contributed by atoms with E-state index in [2.05, 4.69) is 28.1 Å². The van der Waals surface area contributed by atoms with Crippen molar-refractivity contribution < 1.29 is 14.5 Å². The Bertz CT molecular complexity index is 815. The van der Waals surface area contributed by atoms with Gasteiger partial charge in [-0.25, -0.2) is 4.90 Å². The molecule has 4 aliphatic carbocycles. The van der Waals surface area contributed by atoms with Gasteiger partial charge in [-0.05, 0) is 42.2 Å². The Labute approximate surface area is 145 Å². The zero-order valence-corrected chi connectivity index (χ0v) is 14.0. The van der Waals surface area contributed by atoms with Crippen LogP contribution >= 0.6 is 15.9 Å². The van der Waals surface area contributed by atoms with Crippen LogP contribution in [0.4, 0.5) is 11.4 Å². The van der Waals surface area contributed by atoms with E-state index in [9.17, 15) is 19.7 Å². The summed E-state index contributed by atoms with van der Waals surface area (Å²) in [6.07, 6.45) is 5.27. The van der Waals surface area contributed by atoms with Crippen LogP contribution in [0.1, 0.15) is 6.42 Å². The minimum absolute atomic E-state index is 0.0840. The summed E-state index contributed by atoms with van der Waals surface area (Å²) < 4.78 is 0.539. The van der Waals surface area contributed by atoms with Crippen molar-refractivity contribution in [3.05, 3.63) is 44.9 Å². The standard InChI is InChI=1S/C17H13BrN2O4/c18-7-1-4-12(13(5-7)20(23)24)19-16(21)14-8-2-3-9(11-6-10(8)11)15(14)17(19)22/h1-5,8-11,14-15H,6H2/t8-,9-,10-,11-,14-,15+/m1/s1. The first-order valence-corrected chi connectivity index (χ1v) is 8.78. The molecule has 1 aromatic rings. The molecule has 6 atom stereocenters. The Kier molecular flexibility index (Phi) is 2.71. The third-order valence-electron chi connectivity index (χ3n) is 6.04. The molecule has 2 amide bonds. The number of allylic oxidation sites excluding steroid dienone is 2. The van der Waals surface area contributed by atoms with E-state index >= 15 is 0 Å². The highest BCUT2D eigenvalue weighted by Gasteiger charge is 2.67. The van der Waals surface area contributed by atoms with Crippen molar-refractivity contribution in [1.82, 2.24) is 0 Å². The number of rotatable bonds is 2. The normalized spacial score (nSPS) is 38.3. The fourth-order valence-corrected chi connectivity index (χ4v) is 5.38. The molecule has 6 nitrogen and oxygen atoms in total. The lowest BCUT2D eigenvalue weighted by Gasteiger charge is -2.37. The molecule has 1 saturated heterocycles. The molecule has 0 radical (unpaired) electrons. The number of imide groups is 1. The van der Waals surface area contributed by atoms with E-state index < -0.39 is 4.92 Å². The predicted octanol–water partition coefficient (Wildman–Crippen LogP) is 2.91. The molecule has 2 saturated carbocycles. The highest BCUT2D eigenvalue weighted by atomic mass is 79.9. The van der Waals surface area contributed by atoms with Gasteiger partial charge in [-0.2, -0.15) is 0 Å². The number of halogens is 1. The Hall–Kier alpha value is -2.02. The van der Waals surface area contributed by atoms with Gasteiger partial charge in [0.2, 0.25) is 11.8 Å². The third kappa shape index (κ3) is 1.65.